The molecule has 3 aromatic rings. The number of hydroxylamine groups is 2. The van der Waals surface area contributed by atoms with Gasteiger partial charge in [0.2, 0.25) is 0 Å². The molecule has 108 valence electrons. The van der Waals surface area contributed by atoms with Crippen molar-refractivity contribution in [3.63, 3.8) is 0 Å². The summed E-state index contributed by atoms with van der Waals surface area (Å²) in [5, 5.41) is 12.0. The van der Waals surface area contributed by atoms with Crippen LogP contribution in [-0.2, 0) is 13.1 Å². The molecule has 21 heavy (non-hydrogen) atoms. The Morgan fingerprint density at radius 1 is 1.14 bits per heavy atom. The summed E-state index contributed by atoms with van der Waals surface area (Å²) < 4.78 is 2.03. The van der Waals surface area contributed by atoms with Gasteiger partial charge in [0.25, 0.3) is 0 Å². The van der Waals surface area contributed by atoms with E-state index in [0.717, 1.165) is 32.9 Å². The fraction of sp³-hybridized carbons (Fsp3) is 0.188. The fourth-order valence-electron chi connectivity index (χ4n) is 2.41. The second-order valence-electron chi connectivity index (χ2n) is 5.09. The summed E-state index contributed by atoms with van der Waals surface area (Å²) in [6.45, 7) is 0.908. The van der Waals surface area contributed by atoms with Crippen molar-refractivity contribution in [2.45, 2.75) is 13.1 Å². The maximum atomic E-state index is 11.1. The first-order chi connectivity index (χ1) is 10.2. The van der Waals surface area contributed by atoms with Crippen LogP contribution in [0.5, 0.6) is 0 Å². The molecule has 0 radical (unpaired) electrons. The highest BCUT2D eigenvalue weighted by atomic mass is 16.5. The zero-order chi connectivity index (χ0) is 14.8. The SMILES string of the molecule is CN([O-])Cc1ccc2c(c1)ncn2-c1ccc(CN)cc1. The van der Waals surface area contributed by atoms with Gasteiger partial charge in [-0.25, -0.2) is 4.98 Å². The lowest BCUT2D eigenvalue weighted by Gasteiger charge is -2.21. The van der Waals surface area contributed by atoms with Crippen LogP contribution in [0.3, 0.4) is 0 Å². The van der Waals surface area contributed by atoms with Crippen LogP contribution in [0.4, 0.5) is 0 Å². The quantitative estimate of drug-likeness (QED) is 0.746. The van der Waals surface area contributed by atoms with E-state index in [2.05, 4.69) is 4.98 Å². The zero-order valence-corrected chi connectivity index (χ0v) is 11.9. The molecule has 2 aromatic carbocycles. The van der Waals surface area contributed by atoms with Crippen LogP contribution in [-0.4, -0.2) is 21.7 Å². The maximum absolute atomic E-state index is 11.1. The summed E-state index contributed by atoms with van der Waals surface area (Å²) in [5.41, 5.74) is 10.6. The minimum Gasteiger partial charge on any atom is -0.785 e. The van der Waals surface area contributed by atoms with Gasteiger partial charge in [0.05, 0.1) is 11.0 Å². The largest absolute Gasteiger partial charge is 0.785 e. The summed E-state index contributed by atoms with van der Waals surface area (Å²) in [6, 6.07) is 14.0. The molecule has 0 aliphatic heterocycles. The first-order valence-electron chi connectivity index (χ1n) is 6.81. The molecule has 3 rings (SSSR count). The molecule has 5 heteroatoms. The normalized spacial score (nSPS) is 11.4. The number of rotatable bonds is 4. The van der Waals surface area contributed by atoms with Gasteiger partial charge in [-0.1, -0.05) is 18.2 Å². The number of hydrogen-bond donors (Lipinski definition) is 1. The summed E-state index contributed by atoms with van der Waals surface area (Å²) in [6.07, 6.45) is 1.80. The molecular formula is C16H17N4O-. The Kier molecular flexibility index (Phi) is 3.70. The van der Waals surface area contributed by atoms with Gasteiger partial charge in [-0.2, -0.15) is 0 Å². The number of imidazole rings is 1. The van der Waals surface area contributed by atoms with Gasteiger partial charge in [-0.05, 0) is 42.4 Å². The first-order valence-corrected chi connectivity index (χ1v) is 6.81. The van der Waals surface area contributed by atoms with Gasteiger partial charge in [-0.3, -0.25) is 4.57 Å². The Balaban J connectivity index is 1.99. The number of fused-ring (bicyclic) bond motifs is 1. The topological polar surface area (TPSA) is 70.1 Å². The van der Waals surface area contributed by atoms with Crippen molar-refractivity contribution in [2.75, 3.05) is 7.05 Å². The molecular weight excluding hydrogens is 264 g/mol. The minimum absolute atomic E-state index is 0.369. The van der Waals surface area contributed by atoms with Gasteiger partial charge in [-0.15, -0.1) is 0 Å². The Labute approximate surface area is 123 Å². The number of nitrogens with zero attached hydrogens (tertiary/aromatic N) is 3. The van der Waals surface area contributed by atoms with Crippen LogP contribution in [0.2, 0.25) is 0 Å². The van der Waals surface area contributed by atoms with Crippen LogP contribution >= 0.6 is 0 Å². The highest BCUT2D eigenvalue weighted by molar-refractivity contribution is 5.78. The maximum Gasteiger partial charge on any atom is 0.100 e. The standard InChI is InChI=1S/C16H17N4O/c1-19(21)10-13-4-7-16-15(8-13)18-11-20(16)14-5-2-12(9-17)3-6-14/h2-8,11H,9-10,17H2,1H3/q-1. The number of benzene rings is 2. The second-order valence-corrected chi connectivity index (χ2v) is 5.09. The molecule has 2 N–H and O–H groups in total. The Hall–Kier alpha value is -2.21. The minimum atomic E-state index is 0.369. The van der Waals surface area contributed by atoms with E-state index < -0.39 is 0 Å². The van der Waals surface area contributed by atoms with Gasteiger partial charge < -0.3 is 16.0 Å². The average molecular weight is 281 g/mol. The molecule has 0 saturated heterocycles. The summed E-state index contributed by atoms with van der Waals surface area (Å²) >= 11 is 0. The van der Waals surface area contributed by atoms with Crippen molar-refractivity contribution in [3.8, 4) is 5.69 Å². The van der Waals surface area contributed by atoms with E-state index in [-0.39, 0.29) is 0 Å². The summed E-state index contributed by atoms with van der Waals surface area (Å²) in [5.74, 6) is 0. The molecule has 0 bridgehead atoms. The third-order valence-corrected chi connectivity index (χ3v) is 3.47. The molecule has 0 unspecified atom stereocenters. The van der Waals surface area contributed by atoms with Crippen molar-refractivity contribution in [2.24, 2.45) is 5.73 Å². The molecule has 0 spiro atoms. The van der Waals surface area contributed by atoms with E-state index in [0.29, 0.717) is 13.1 Å². The summed E-state index contributed by atoms with van der Waals surface area (Å²) in [7, 11) is 1.52. The van der Waals surface area contributed by atoms with Crippen molar-refractivity contribution in [1.29, 1.82) is 0 Å². The van der Waals surface area contributed by atoms with Crippen molar-refractivity contribution >= 4 is 11.0 Å². The smallest absolute Gasteiger partial charge is 0.100 e. The van der Waals surface area contributed by atoms with Crippen molar-refractivity contribution in [3.05, 3.63) is 65.1 Å². The van der Waals surface area contributed by atoms with Gasteiger partial charge in [0.1, 0.15) is 6.33 Å². The van der Waals surface area contributed by atoms with E-state index in [4.69, 9.17) is 5.73 Å². The number of hydrogen-bond acceptors (Lipinski definition) is 4. The monoisotopic (exact) mass is 281 g/mol. The highest BCUT2D eigenvalue weighted by Crippen LogP contribution is 2.20. The third kappa shape index (κ3) is 2.80. The number of aromatic nitrogens is 2. The van der Waals surface area contributed by atoms with Crippen LogP contribution in [0.1, 0.15) is 11.1 Å². The summed E-state index contributed by atoms with van der Waals surface area (Å²) in [4.78, 5) is 4.42. The Morgan fingerprint density at radius 2 is 1.86 bits per heavy atom. The van der Waals surface area contributed by atoms with E-state index in [1.807, 2.05) is 47.0 Å². The van der Waals surface area contributed by atoms with Crippen LogP contribution in [0.15, 0.2) is 48.8 Å². The molecule has 0 amide bonds. The number of nitrogens with two attached hydrogens (primary N) is 1. The van der Waals surface area contributed by atoms with Gasteiger partial charge in [0, 0.05) is 18.8 Å². The third-order valence-electron chi connectivity index (χ3n) is 3.47. The molecule has 1 aromatic heterocycles. The van der Waals surface area contributed by atoms with Crippen LogP contribution in [0, 0.1) is 5.21 Å². The van der Waals surface area contributed by atoms with E-state index in [9.17, 15) is 5.21 Å². The first kappa shape index (κ1) is 13.8. The van der Waals surface area contributed by atoms with E-state index in [1.165, 1.54) is 7.05 Å². The van der Waals surface area contributed by atoms with Gasteiger partial charge >= 0.3 is 0 Å². The van der Waals surface area contributed by atoms with E-state index >= 15 is 0 Å². The molecule has 0 atom stereocenters. The van der Waals surface area contributed by atoms with Gasteiger partial charge in [0.15, 0.2) is 0 Å². The highest BCUT2D eigenvalue weighted by Gasteiger charge is 2.05. The molecule has 0 aliphatic carbocycles. The second kappa shape index (κ2) is 5.65. The zero-order valence-electron chi connectivity index (χ0n) is 11.9. The van der Waals surface area contributed by atoms with Crippen LogP contribution < -0.4 is 5.73 Å². The predicted molar refractivity (Wildman–Crippen MR) is 83.8 cm³/mol. The fourth-order valence-corrected chi connectivity index (χ4v) is 2.41. The lowest BCUT2D eigenvalue weighted by Crippen LogP contribution is -2.08. The van der Waals surface area contributed by atoms with Crippen LogP contribution in [0.25, 0.3) is 16.7 Å². The lowest BCUT2D eigenvalue weighted by molar-refractivity contribution is 0.454. The molecule has 0 aliphatic rings. The lowest BCUT2D eigenvalue weighted by atomic mass is 10.2. The van der Waals surface area contributed by atoms with Crippen molar-refractivity contribution < 1.29 is 0 Å². The Bertz CT molecular complexity index is 747. The van der Waals surface area contributed by atoms with E-state index in [1.54, 1.807) is 6.33 Å². The predicted octanol–water partition coefficient (Wildman–Crippen LogP) is 2.41. The molecule has 5 nitrogen and oxygen atoms in total. The average Bonchev–Trinajstić information content (AvgIpc) is 2.90. The molecule has 0 saturated carbocycles. The molecule has 0 fully saturated rings. The molecule has 1 heterocycles. The Morgan fingerprint density at radius 3 is 2.52 bits per heavy atom. The van der Waals surface area contributed by atoms with Crippen molar-refractivity contribution in [1.82, 2.24) is 14.6 Å².